The van der Waals surface area contributed by atoms with Crippen molar-refractivity contribution >= 4 is 18.2 Å². The van der Waals surface area contributed by atoms with E-state index in [4.69, 9.17) is 4.74 Å². The second-order valence-corrected chi connectivity index (χ2v) is 6.58. The molecule has 1 aromatic rings. The van der Waals surface area contributed by atoms with Gasteiger partial charge in [0.2, 0.25) is 18.2 Å². The molecule has 0 saturated carbocycles. The van der Waals surface area contributed by atoms with Crippen LogP contribution in [0.4, 0.5) is 0 Å². The van der Waals surface area contributed by atoms with E-state index in [1.807, 2.05) is 24.3 Å². The van der Waals surface area contributed by atoms with Crippen LogP contribution in [0.3, 0.4) is 0 Å². The molecular weight excluding hydrogens is 332 g/mol. The van der Waals surface area contributed by atoms with Crippen LogP contribution in [0.1, 0.15) is 42.7 Å². The number of likely N-dealkylation sites (tertiary alicyclic amines) is 1. The van der Waals surface area contributed by atoms with E-state index in [-0.39, 0.29) is 23.8 Å². The van der Waals surface area contributed by atoms with Crippen LogP contribution in [0.25, 0.3) is 0 Å². The maximum Gasteiger partial charge on any atom is 0.234 e. The summed E-state index contributed by atoms with van der Waals surface area (Å²) in [6.07, 6.45) is 3.67. The number of carbonyl (C=O) groups is 3. The highest BCUT2D eigenvalue weighted by Gasteiger charge is 2.27. The molecule has 0 radical (unpaired) electrons. The molecule has 2 fully saturated rings. The number of nitrogens with zero attached hydrogens (tertiary/aromatic N) is 1. The van der Waals surface area contributed by atoms with Gasteiger partial charge in [0.25, 0.3) is 0 Å². The summed E-state index contributed by atoms with van der Waals surface area (Å²) < 4.78 is 5.74. The summed E-state index contributed by atoms with van der Waals surface area (Å²) >= 11 is 0. The molecule has 1 aromatic carbocycles. The number of ether oxygens (including phenoxy) is 1. The zero-order valence-electron chi connectivity index (χ0n) is 14.6. The normalized spacial score (nSPS) is 20.9. The lowest BCUT2D eigenvalue weighted by Gasteiger charge is -2.28. The van der Waals surface area contributed by atoms with E-state index in [1.54, 1.807) is 4.90 Å². The third kappa shape index (κ3) is 4.70. The first kappa shape index (κ1) is 18.2. The van der Waals surface area contributed by atoms with Gasteiger partial charge in [-0.1, -0.05) is 24.0 Å². The molecule has 136 valence electrons. The highest BCUT2D eigenvalue weighted by atomic mass is 16.5. The number of hydrogen-bond acceptors (Lipinski definition) is 4. The van der Waals surface area contributed by atoms with Gasteiger partial charge in [-0.15, -0.1) is 0 Å². The van der Waals surface area contributed by atoms with Crippen molar-refractivity contribution in [2.45, 2.75) is 37.7 Å². The molecule has 2 saturated heterocycles. The summed E-state index contributed by atoms with van der Waals surface area (Å²) in [6.45, 7) is 1.84. The Morgan fingerprint density at radius 2 is 1.88 bits per heavy atom. The topological polar surface area (TPSA) is 75.7 Å². The fourth-order valence-electron chi connectivity index (χ4n) is 3.26. The molecule has 3 amide bonds. The minimum absolute atomic E-state index is 0.162. The van der Waals surface area contributed by atoms with Crippen LogP contribution >= 0.6 is 0 Å². The molecule has 2 aliphatic rings. The Balaban J connectivity index is 1.48. The maximum atomic E-state index is 11.9. The lowest BCUT2D eigenvalue weighted by molar-refractivity contribution is -0.134. The monoisotopic (exact) mass is 354 g/mol. The molecule has 1 N–H and O–H groups in total. The van der Waals surface area contributed by atoms with E-state index in [0.717, 1.165) is 43.5 Å². The molecule has 0 bridgehead atoms. The molecule has 3 rings (SSSR count). The fraction of sp³-hybridized carbons (Fsp3) is 0.450. The molecule has 26 heavy (non-hydrogen) atoms. The van der Waals surface area contributed by atoms with Crippen molar-refractivity contribution in [3.8, 4) is 11.8 Å². The summed E-state index contributed by atoms with van der Waals surface area (Å²) in [4.78, 5) is 35.5. The average Bonchev–Trinajstić information content (AvgIpc) is 2.66. The summed E-state index contributed by atoms with van der Waals surface area (Å²) in [5.41, 5.74) is 1.76. The Morgan fingerprint density at radius 1 is 1.15 bits per heavy atom. The highest BCUT2D eigenvalue weighted by molar-refractivity contribution is 6.00. The van der Waals surface area contributed by atoms with E-state index in [9.17, 15) is 14.4 Å². The maximum absolute atomic E-state index is 11.9. The van der Waals surface area contributed by atoms with Gasteiger partial charge in [-0.2, -0.15) is 0 Å². The lowest BCUT2D eigenvalue weighted by Crippen LogP contribution is -2.39. The van der Waals surface area contributed by atoms with Crippen molar-refractivity contribution in [3.05, 3.63) is 35.4 Å². The summed E-state index contributed by atoms with van der Waals surface area (Å²) in [6, 6.07) is 7.54. The van der Waals surface area contributed by atoms with E-state index in [2.05, 4.69) is 17.2 Å². The van der Waals surface area contributed by atoms with Gasteiger partial charge in [0.05, 0.1) is 12.0 Å². The SMILES string of the molecule is O=CN1CCC(OCC#Cc2ccc(C3CCC(=O)NC3=O)cc2)CC1. The van der Waals surface area contributed by atoms with E-state index >= 15 is 0 Å². The molecule has 6 nitrogen and oxygen atoms in total. The molecule has 1 atom stereocenters. The van der Waals surface area contributed by atoms with Gasteiger partial charge >= 0.3 is 0 Å². The number of nitrogens with one attached hydrogen (secondary N) is 1. The van der Waals surface area contributed by atoms with Crippen molar-refractivity contribution in [1.82, 2.24) is 10.2 Å². The molecule has 0 aliphatic carbocycles. The number of rotatable bonds is 4. The van der Waals surface area contributed by atoms with Crippen LogP contribution in [-0.4, -0.2) is 48.9 Å². The van der Waals surface area contributed by atoms with Crippen molar-refractivity contribution in [1.29, 1.82) is 0 Å². The van der Waals surface area contributed by atoms with Crippen LogP contribution < -0.4 is 5.32 Å². The Morgan fingerprint density at radius 3 is 2.54 bits per heavy atom. The second kappa shape index (κ2) is 8.63. The summed E-state index contributed by atoms with van der Waals surface area (Å²) in [7, 11) is 0. The predicted molar refractivity (Wildman–Crippen MR) is 95.1 cm³/mol. The smallest absolute Gasteiger partial charge is 0.234 e. The largest absolute Gasteiger partial charge is 0.365 e. The quantitative estimate of drug-likeness (QED) is 0.501. The van der Waals surface area contributed by atoms with Gasteiger partial charge in [-0.3, -0.25) is 19.7 Å². The lowest BCUT2D eigenvalue weighted by atomic mass is 9.90. The molecule has 6 heteroatoms. The average molecular weight is 354 g/mol. The fourth-order valence-corrected chi connectivity index (χ4v) is 3.26. The number of hydrogen-bond donors (Lipinski definition) is 1. The molecular formula is C20H22N2O4. The van der Waals surface area contributed by atoms with Crippen molar-refractivity contribution < 1.29 is 19.1 Å². The first-order chi connectivity index (χ1) is 12.7. The molecule has 2 heterocycles. The number of imide groups is 1. The van der Waals surface area contributed by atoms with Gasteiger partial charge in [-0.05, 0) is 37.0 Å². The van der Waals surface area contributed by atoms with Gasteiger partial charge in [-0.25, -0.2) is 0 Å². The van der Waals surface area contributed by atoms with Gasteiger partial charge < -0.3 is 9.64 Å². The third-order valence-corrected chi connectivity index (χ3v) is 4.80. The predicted octanol–water partition coefficient (Wildman–Crippen LogP) is 1.20. The molecule has 1 unspecified atom stereocenters. The third-order valence-electron chi connectivity index (χ3n) is 4.80. The van der Waals surface area contributed by atoms with Crippen molar-refractivity contribution in [2.75, 3.05) is 19.7 Å². The number of benzene rings is 1. The van der Waals surface area contributed by atoms with Crippen LogP contribution in [-0.2, 0) is 19.1 Å². The van der Waals surface area contributed by atoms with Crippen LogP contribution in [0.2, 0.25) is 0 Å². The van der Waals surface area contributed by atoms with Gasteiger partial charge in [0.15, 0.2) is 0 Å². The number of piperidine rings is 2. The zero-order chi connectivity index (χ0) is 18.4. The number of carbonyl (C=O) groups excluding carboxylic acids is 3. The van der Waals surface area contributed by atoms with Gasteiger partial charge in [0.1, 0.15) is 6.61 Å². The number of amides is 3. The first-order valence-corrected chi connectivity index (χ1v) is 8.89. The minimum atomic E-state index is -0.268. The van der Waals surface area contributed by atoms with Crippen LogP contribution in [0.15, 0.2) is 24.3 Å². The Bertz CT molecular complexity index is 724. The second-order valence-electron chi connectivity index (χ2n) is 6.58. The summed E-state index contributed by atoms with van der Waals surface area (Å²) in [5.74, 6) is 5.37. The zero-order valence-corrected chi connectivity index (χ0v) is 14.6. The first-order valence-electron chi connectivity index (χ1n) is 8.89. The molecule has 0 spiro atoms. The Labute approximate surface area is 152 Å². The van der Waals surface area contributed by atoms with Crippen LogP contribution in [0.5, 0.6) is 0 Å². The minimum Gasteiger partial charge on any atom is -0.365 e. The Hall–Kier alpha value is -2.65. The van der Waals surface area contributed by atoms with Crippen molar-refractivity contribution in [2.24, 2.45) is 0 Å². The standard InChI is InChI=1S/C20H22N2O4/c23-14-22-11-9-17(10-12-22)26-13-1-2-15-3-5-16(6-4-15)18-7-8-19(24)21-20(18)25/h3-6,14,17-18H,7-13H2,(H,21,24,25). The van der Waals surface area contributed by atoms with E-state index in [1.165, 1.54) is 0 Å². The van der Waals surface area contributed by atoms with Gasteiger partial charge in [0, 0.05) is 25.1 Å². The highest BCUT2D eigenvalue weighted by Crippen LogP contribution is 2.24. The summed E-state index contributed by atoms with van der Waals surface area (Å²) in [5, 5.41) is 2.38. The van der Waals surface area contributed by atoms with E-state index < -0.39 is 0 Å². The van der Waals surface area contributed by atoms with Crippen molar-refractivity contribution in [3.63, 3.8) is 0 Å². The molecule has 0 aromatic heterocycles. The van der Waals surface area contributed by atoms with E-state index in [0.29, 0.717) is 19.4 Å². The molecule has 2 aliphatic heterocycles. The Kier molecular flexibility index (Phi) is 6.03. The van der Waals surface area contributed by atoms with Crippen LogP contribution in [0, 0.1) is 11.8 Å².